The first-order valence-electron chi connectivity index (χ1n) is 13.4. The molecule has 1 saturated carbocycles. The van der Waals surface area contributed by atoms with E-state index in [1.165, 1.54) is 65.5 Å². The highest BCUT2D eigenvalue weighted by Gasteiger charge is 2.21. The van der Waals surface area contributed by atoms with Crippen LogP contribution in [0.5, 0.6) is 0 Å². The van der Waals surface area contributed by atoms with Crippen LogP contribution in [0.25, 0.3) is 11.3 Å². The van der Waals surface area contributed by atoms with Crippen LogP contribution in [0.15, 0.2) is 60.8 Å². The Bertz CT molecular complexity index is 929. The van der Waals surface area contributed by atoms with Crippen molar-refractivity contribution < 1.29 is 0 Å². The summed E-state index contributed by atoms with van der Waals surface area (Å²) in [6, 6.07) is 19.8. The van der Waals surface area contributed by atoms with Gasteiger partial charge in [-0.05, 0) is 105 Å². The average molecular weight is 473 g/mol. The number of aryl methyl sites for hydroxylation is 3. The fourth-order valence-electron chi connectivity index (χ4n) is 4.53. The fourth-order valence-corrected chi connectivity index (χ4v) is 4.53. The van der Waals surface area contributed by atoms with E-state index in [9.17, 15) is 0 Å². The summed E-state index contributed by atoms with van der Waals surface area (Å²) in [7, 11) is 0. The first-order valence-corrected chi connectivity index (χ1v) is 13.4. The van der Waals surface area contributed by atoms with Crippen LogP contribution in [0.4, 0.5) is 0 Å². The highest BCUT2D eigenvalue weighted by atomic mass is 14.7. The highest BCUT2D eigenvalue weighted by Crippen LogP contribution is 2.37. The monoisotopic (exact) mass is 472 g/mol. The Morgan fingerprint density at radius 1 is 0.800 bits per heavy atom. The standard InChI is InChI=1S/C21H27N.C9H12.C2H6.CH3N/c1-3-16-5-8-18(9-6-16)19-10-12-20(13-11-19)21-14-7-17(4-2)15-22-21;1-7-5-4-6-8(2)9(7)3;2*1-2/h7,10-16,18H,3-6,8-9H2,1-2H3;4-6H,1-3H3;1-2H3;2H,1H2. The zero-order chi connectivity index (χ0) is 26.2. The Morgan fingerprint density at radius 3 is 1.80 bits per heavy atom. The van der Waals surface area contributed by atoms with Crippen molar-refractivity contribution in [1.82, 2.24) is 4.98 Å². The van der Waals surface area contributed by atoms with Gasteiger partial charge in [-0.2, -0.15) is 0 Å². The Hall–Kier alpha value is -2.74. The molecule has 2 heteroatoms. The SMILES string of the molecule is C=N.CC.CCc1ccc(-c2ccc(C3CCC(CC)CC3)cc2)nc1.Cc1cccc(C)c1C. The lowest BCUT2D eigenvalue weighted by molar-refractivity contribution is 0.319. The van der Waals surface area contributed by atoms with Gasteiger partial charge in [0, 0.05) is 11.8 Å². The van der Waals surface area contributed by atoms with Gasteiger partial charge in [0.25, 0.3) is 0 Å². The number of hydrogen-bond acceptors (Lipinski definition) is 2. The summed E-state index contributed by atoms with van der Waals surface area (Å²) in [6.07, 6.45) is 9.93. The second-order valence-electron chi connectivity index (χ2n) is 9.17. The van der Waals surface area contributed by atoms with Gasteiger partial charge in [-0.3, -0.25) is 4.98 Å². The van der Waals surface area contributed by atoms with Crippen LogP contribution in [0, 0.1) is 32.1 Å². The molecule has 0 aliphatic heterocycles. The second kappa shape index (κ2) is 16.8. The number of nitrogens with one attached hydrogen (secondary N) is 1. The molecule has 190 valence electrons. The quantitative estimate of drug-likeness (QED) is 0.377. The maximum Gasteiger partial charge on any atom is 0.0702 e. The number of aromatic nitrogens is 1. The normalized spacial score (nSPS) is 16.4. The second-order valence-corrected chi connectivity index (χ2v) is 9.17. The molecule has 0 amide bonds. The molecule has 0 saturated heterocycles. The van der Waals surface area contributed by atoms with E-state index < -0.39 is 0 Å². The first kappa shape index (κ1) is 30.3. The van der Waals surface area contributed by atoms with Crippen LogP contribution in [0.2, 0.25) is 0 Å². The number of pyridine rings is 1. The van der Waals surface area contributed by atoms with Crippen LogP contribution in [-0.4, -0.2) is 11.7 Å². The van der Waals surface area contributed by atoms with Crippen LogP contribution < -0.4 is 0 Å². The van der Waals surface area contributed by atoms with Crippen molar-refractivity contribution >= 4 is 6.72 Å². The predicted molar refractivity (Wildman–Crippen MR) is 156 cm³/mol. The summed E-state index contributed by atoms with van der Waals surface area (Å²) in [5, 5.41) is 5.50. The Kier molecular flexibility index (Phi) is 14.6. The van der Waals surface area contributed by atoms with Gasteiger partial charge in [-0.25, -0.2) is 0 Å². The predicted octanol–water partition coefficient (Wildman–Crippen LogP) is 9.90. The molecule has 2 aromatic carbocycles. The molecule has 1 aromatic heterocycles. The van der Waals surface area contributed by atoms with Gasteiger partial charge < -0.3 is 5.41 Å². The molecule has 0 atom stereocenters. The van der Waals surface area contributed by atoms with Crippen molar-refractivity contribution in [3.63, 3.8) is 0 Å². The molecule has 3 aromatic rings. The molecule has 1 aliphatic rings. The van der Waals surface area contributed by atoms with Gasteiger partial charge in [0.05, 0.1) is 5.69 Å². The molecule has 1 N–H and O–H groups in total. The van der Waals surface area contributed by atoms with Gasteiger partial charge in [-0.15, -0.1) is 0 Å². The Balaban J connectivity index is 0.000000394. The Labute approximate surface area is 215 Å². The summed E-state index contributed by atoms with van der Waals surface area (Å²) in [5.41, 5.74) is 9.31. The number of nitrogens with zero attached hydrogens (tertiary/aromatic N) is 1. The van der Waals surface area contributed by atoms with E-state index in [1.54, 1.807) is 0 Å². The molecule has 2 nitrogen and oxygen atoms in total. The largest absolute Gasteiger partial charge is 0.317 e. The zero-order valence-electron chi connectivity index (χ0n) is 23.3. The molecule has 4 rings (SSSR count). The lowest BCUT2D eigenvalue weighted by Gasteiger charge is -2.28. The number of rotatable bonds is 4. The molecule has 35 heavy (non-hydrogen) atoms. The van der Waals surface area contributed by atoms with Crippen LogP contribution in [0.1, 0.15) is 93.5 Å². The van der Waals surface area contributed by atoms with E-state index in [0.717, 1.165) is 24.0 Å². The highest BCUT2D eigenvalue weighted by molar-refractivity contribution is 5.59. The van der Waals surface area contributed by atoms with Crippen molar-refractivity contribution in [2.75, 3.05) is 0 Å². The van der Waals surface area contributed by atoms with Crippen molar-refractivity contribution in [3.8, 4) is 11.3 Å². The summed E-state index contributed by atoms with van der Waals surface area (Å²) in [5.74, 6) is 1.74. The first-order chi connectivity index (χ1) is 17.0. The lowest BCUT2D eigenvalue weighted by Crippen LogP contribution is -2.12. The molecule has 0 unspecified atom stereocenters. The molecule has 1 heterocycles. The summed E-state index contributed by atoms with van der Waals surface area (Å²) in [6.45, 7) is 17.4. The molecule has 0 radical (unpaired) electrons. The van der Waals surface area contributed by atoms with E-state index in [0.29, 0.717) is 0 Å². The van der Waals surface area contributed by atoms with Gasteiger partial charge in [0.2, 0.25) is 0 Å². The summed E-state index contributed by atoms with van der Waals surface area (Å²) < 4.78 is 0. The molecular weight excluding hydrogens is 424 g/mol. The number of benzene rings is 2. The third kappa shape index (κ3) is 9.43. The van der Waals surface area contributed by atoms with Crippen molar-refractivity contribution in [3.05, 3.63) is 88.6 Å². The van der Waals surface area contributed by atoms with Crippen LogP contribution in [-0.2, 0) is 6.42 Å². The molecule has 1 aliphatic carbocycles. The van der Waals surface area contributed by atoms with Gasteiger partial charge in [0.15, 0.2) is 0 Å². The van der Waals surface area contributed by atoms with E-state index in [-0.39, 0.29) is 0 Å². The Morgan fingerprint density at radius 2 is 1.37 bits per heavy atom. The fraction of sp³-hybridized carbons (Fsp3) is 0.455. The average Bonchev–Trinajstić information content (AvgIpc) is 2.94. The van der Waals surface area contributed by atoms with Gasteiger partial charge >= 0.3 is 0 Å². The molecular formula is C33H48N2. The molecule has 0 bridgehead atoms. The maximum atomic E-state index is 5.50. The van der Waals surface area contributed by atoms with E-state index >= 15 is 0 Å². The zero-order valence-corrected chi connectivity index (χ0v) is 23.3. The molecule has 1 fully saturated rings. The molecule has 0 spiro atoms. The minimum Gasteiger partial charge on any atom is -0.317 e. The maximum absolute atomic E-state index is 5.50. The van der Waals surface area contributed by atoms with Crippen molar-refractivity contribution in [1.29, 1.82) is 5.41 Å². The lowest BCUT2D eigenvalue weighted by atomic mass is 9.78. The van der Waals surface area contributed by atoms with Crippen LogP contribution in [0.3, 0.4) is 0 Å². The number of hydrogen-bond donors (Lipinski definition) is 1. The van der Waals surface area contributed by atoms with Crippen molar-refractivity contribution in [2.24, 2.45) is 5.92 Å². The summed E-state index contributed by atoms with van der Waals surface area (Å²) in [4.78, 5) is 4.58. The van der Waals surface area contributed by atoms with Gasteiger partial charge in [-0.1, -0.05) is 82.6 Å². The minimum atomic E-state index is 0.771. The van der Waals surface area contributed by atoms with E-state index in [4.69, 9.17) is 5.41 Å². The third-order valence-corrected chi connectivity index (χ3v) is 7.21. The van der Waals surface area contributed by atoms with E-state index in [1.807, 2.05) is 20.0 Å². The minimum absolute atomic E-state index is 0.771. The van der Waals surface area contributed by atoms with E-state index in [2.05, 4.69) is 101 Å². The summed E-state index contributed by atoms with van der Waals surface area (Å²) >= 11 is 0. The smallest absolute Gasteiger partial charge is 0.0702 e. The third-order valence-electron chi connectivity index (χ3n) is 7.21. The van der Waals surface area contributed by atoms with Crippen LogP contribution >= 0.6 is 0 Å². The van der Waals surface area contributed by atoms with Gasteiger partial charge in [0.1, 0.15) is 0 Å². The topological polar surface area (TPSA) is 36.7 Å². The van der Waals surface area contributed by atoms with Crippen molar-refractivity contribution in [2.45, 2.75) is 92.9 Å².